The molecule has 3 rings (SSSR count). The van der Waals surface area contributed by atoms with Gasteiger partial charge in [-0.05, 0) is 50.7 Å². The Morgan fingerprint density at radius 2 is 1.64 bits per heavy atom. The van der Waals surface area contributed by atoms with Gasteiger partial charge < -0.3 is 4.90 Å². The van der Waals surface area contributed by atoms with Crippen LogP contribution in [0.2, 0.25) is 0 Å². The number of rotatable bonds is 2. The first kappa shape index (κ1) is 7.35. The van der Waals surface area contributed by atoms with Crippen LogP contribution in [0.1, 0.15) is 19.3 Å². The maximum Gasteiger partial charge on any atom is -0.00132 e. The normalized spacial score (nSPS) is 42.4. The van der Waals surface area contributed by atoms with Gasteiger partial charge in [0.15, 0.2) is 0 Å². The van der Waals surface area contributed by atoms with Gasteiger partial charge >= 0.3 is 0 Å². The van der Waals surface area contributed by atoms with Gasteiger partial charge in [0.1, 0.15) is 0 Å². The summed E-state index contributed by atoms with van der Waals surface area (Å²) in [4.78, 5) is 2.57. The van der Waals surface area contributed by atoms with E-state index in [1.807, 2.05) is 6.08 Å². The zero-order valence-corrected chi connectivity index (χ0v) is 7.05. The third-order valence-corrected chi connectivity index (χ3v) is 3.25. The Balaban J connectivity index is 2.05. The molecule has 0 unspecified atom stereocenters. The molecule has 0 aromatic carbocycles. The highest BCUT2D eigenvalue weighted by molar-refractivity contribution is 5.07. The van der Waals surface area contributed by atoms with Crippen LogP contribution in [0.25, 0.3) is 0 Å². The van der Waals surface area contributed by atoms with Crippen LogP contribution in [0.5, 0.6) is 0 Å². The van der Waals surface area contributed by atoms with Crippen molar-refractivity contribution in [1.29, 1.82) is 0 Å². The predicted molar refractivity (Wildman–Crippen MR) is 47.2 cm³/mol. The number of allylic oxidation sites excluding steroid dienone is 1. The minimum absolute atomic E-state index is 0.552. The zero-order chi connectivity index (χ0) is 7.73. The SMILES string of the molecule is C=C[CH]C12CCN(CC1)CC2. The lowest BCUT2D eigenvalue weighted by Crippen LogP contribution is -2.48. The van der Waals surface area contributed by atoms with Gasteiger partial charge in [0.05, 0.1) is 0 Å². The topological polar surface area (TPSA) is 3.24 Å². The molecule has 3 fully saturated rings. The van der Waals surface area contributed by atoms with E-state index in [1.165, 1.54) is 38.9 Å². The van der Waals surface area contributed by atoms with Crippen LogP contribution in [0, 0.1) is 11.8 Å². The lowest BCUT2D eigenvalue weighted by atomic mass is 9.70. The van der Waals surface area contributed by atoms with E-state index in [0.29, 0.717) is 5.41 Å². The van der Waals surface area contributed by atoms with E-state index in [-0.39, 0.29) is 0 Å². The van der Waals surface area contributed by atoms with Gasteiger partial charge in [0, 0.05) is 0 Å². The van der Waals surface area contributed by atoms with Crippen molar-refractivity contribution in [2.75, 3.05) is 19.6 Å². The molecule has 61 valence electrons. The summed E-state index contributed by atoms with van der Waals surface area (Å²) in [6, 6.07) is 0. The van der Waals surface area contributed by atoms with E-state index in [4.69, 9.17) is 0 Å². The van der Waals surface area contributed by atoms with Gasteiger partial charge in [-0.3, -0.25) is 0 Å². The van der Waals surface area contributed by atoms with Crippen molar-refractivity contribution in [3.63, 3.8) is 0 Å². The Morgan fingerprint density at radius 3 is 2.09 bits per heavy atom. The van der Waals surface area contributed by atoms with Gasteiger partial charge in [-0.15, -0.1) is 6.58 Å². The van der Waals surface area contributed by atoms with E-state index in [1.54, 1.807) is 0 Å². The molecule has 0 aromatic heterocycles. The fraction of sp³-hybridized carbons (Fsp3) is 0.700. The molecule has 3 aliphatic heterocycles. The highest BCUT2D eigenvalue weighted by atomic mass is 15.1. The number of hydrogen-bond donors (Lipinski definition) is 0. The molecule has 11 heavy (non-hydrogen) atoms. The van der Waals surface area contributed by atoms with Crippen LogP contribution in [0.3, 0.4) is 0 Å². The van der Waals surface area contributed by atoms with Crippen LogP contribution >= 0.6 is 0 Å². The number of piperidine rings is 3. The molecule has 2 bridgehead atoms. The minimum atomic E-state index is 0.552. The monoisotopic (exact) mass is 150 g/mol. The summed E-state index contributed by atoms with van der Waals surface area (Å²) in [7, 11) is 0. The molecule has 1 nitrogen and oxygen atoms in total. The Kier molecular flexibility index (Phi) is 1.76. The third-order valence-electron chi connectivity index (χ3n) is 3.25. The Bertz CT molecular complexity index is 140. The number of fused-ring (bicyclic) bond motifs is 3. The maximum atomic E-state index is 3.80. The van der Waals surface area contributed by atoms with Crippen LogP contribution in [-0.2, 0) is 0 Å². The van der Waals surface area contributed by atoms with Crippen molar-refractivity contribution in [3.8, 4) is 0 Å². The number of nitrogens with zero attached hydrogens (tertiary/aromatic N) is 1. The van der Waals surface area contributed by atoms with Crippen molar-refractivity contribution < 1.29 is 0 Å². The fourth-order valence-corrected chi connectivity index (χ4v) is 2.35. The molecule has 3 heterocycles. The molecule has 0 N–H and O–H groups in total. The minimum Gasteiger partial charge on any atom is -0.303 e. The van der Waals surface area contributed by atoms with Crippen molar-refractivity contribution in [3.05, 3.63) is 19.1 Å². The van der Waals surface area contributed by atoms with E-state index in [2.05, 4.69) is 17.9 Å². The first-order valence-corrected chi connectivity index (χ1v) is 4.54. The van der Waals surface area contributed by atoms with Crippen LogP contribution in [0.4, 0.5) is 0 Å². The first-order chi connectivity index (χ1) is 5.35. The molecule has 0 amide bonds. The second kappa shape index (κ2) is 2.63. The average molecular weight is 150 g/mol. The van der Waals surface area contributed by atoms with Gasteiger partial charge in [0.25, 0.3) is 0 Å². The first-order valence-electron chi connectivity index (χ1n) is 4.54. The molecule has 0 saturated carbocycles. The van der Waals surface area contributed by atoms with Crippen molar-refractivity contribution >= 4 is 0 Å². The summed E-state index contributed by atoms with van der Waals surface area (Å²) >= 11 is 0. The molecule has 0 aromatic rings. The smallest absolute Gasteiger partial charge is 0.00132 e. The summed E-state index contributed by atoms with van der Waals surface area (Å²) in [6.45, 7) is 7.73. The highest BCUT2D eigenvalue weighted by Gasteiger charge is 2.38. The van der Waals surface area contributed by atoms with Gasteiger partial charge in [-0.1, -0.05) is 6.08 Å². The summed E-state index contributed by atoms with van der Waals surface area (Å²) in [5.74, 6) is 0. The molecule has 3 saturated heterocycles. The zero-order valence-electron chi connectivity index (χ0n) is 7.05. The Labute approximate surface area is 69.1 Å². The van der Waals surface area contributed by atoms with Crippen LogP contribution < -0.4 is 0 Å². The summed E-state index contributed by atoms with van der Waals surface area (Å²) < 4.78 is 0. The van der Waals surface area contributed by atoms with Crippen LogP contribution in [0.15, 0.2) is 12.7 Å². The molecule has 1 radical (unpaired) electrons. The van der Waals surface area contributed by atoms with Crippen molar-refractivity contribution in [2.24, 2.45) is 5.41 Å². The van der Waals surface area contributed by atoms with E-state index >= 15 is 0 Å². The molecular formula is C10H16N. The second-order valence-electron chi connectivity index (χ2n) is 3.86. The fourth-order valence-electron chi connectivity index (χ4n) is 2.35. The summed E-state index contributed by atoms with van der Waals surface area (Å²) in [5.41, 5.74) is 0.552. The largest absolute Gasteiger partial charge is 0.303 e. The van der Waals surface area contributed by atoms with Gasteiger partial charge in [-0.25, -0.2) is 0 Å². The molecule has 3 aliphatic rings. The highest BCUT2D eigenvalue weighted by Crippen LogP contribution is 2.42. The molecule has 0 atom stereocenters. The average Bonchev–Trinajstić information content (AvgIpc) is 2.07. The van der Waals surface area contributed by atoms with Crippen molar-refractivity contribution in [2.45, 2.75) is 19.3 Å². The Hall–Kier alpha value is -0.300. The van der Waals surface area contributed by atoms with E-state index in [0.717, 1.165) is 0 Å². The summed E-state index contributed by atoms with van der Waals surface area (Å²) in [6.07, 6.45) is 8.40. The molecular weight excluding hydrogens is 134 g/mol. The van der Waals surface area contributed by atoms with E-state index < -0.39 is 0 Å². The van der Waals surface area contributed by atoms with Crippen molar-refractivity contribution in [1.82, 2.24) is 4.90 Å². The molecule has 1 heteroatoms. The van der Waals surface area contributed by atoms with E-state index in [9.17, 15) is 0 Å². The summed E-state index contributed by atoms with van der Waals surface area (Å²) in [5, 5.41) is 0. The third kappa shape index (κ3) is 1.22. The predicted octanol–water partition coefficient (Wildman–Crippen LogP) is 1.86. The van der Waals surface area contributed by atoms with Gasteiger partial charge in [-0.2, -0.15) is 0 Å². The lowest BCUT2D eigenvalue weighted by molar-refractivity contribution is 0.0530. The molecule has 0 aliphatic carbocycles. The molecule has 0 spiro atoms. The second-order valence-corrected chi connectivity index (χ2v) is 3.86. The van der Waals surface area contributed by atoms with Gasteiger partial charge in [0.2, 0.25) is 0 Å². The Morgan fingerprint density at radius 1 is 1.09 bits per heavy atom. The standard InChI is InChI=1S/C10H16N/c1-2-3-10-4-7-11(8-5-10)9-6-10/h2-3H,1,4-9H2. The number of hydrogen-bond acceptors (Lipinski definition) is 1. The lowest BCUT2D eigenvalue weighted by Gasteiger charge is -2.48. The van der Waals surface area contributed by atoms with Crippen LogP contribution in [-0.4, -0.2) is 24.5 Å². The quantitative estimate of drug-likeness (QED) is 0.581. The maximum absolute atomic E-state index is 3.80.